The molecule has 0 saturated heterocycles. The fourth-order valence-electron chi connectivity index (χ4n) is 21.5. The minimum Gasteiger partial charge on any atom is -0.292 e. The zero-order valence-corrected chi connectivity index (χ0v) is 58.2. The highest BCUT2D eigenvalue weighted by Gasteiger charge is 2.61. The van der Waals surface area contributed by atoms with Gasteiger partial charge in [-0.1, -0.05) is 322 Å². The summed E-state index contributed by atoms with van der Waals surface area (Å²) in [6.07, 6.45) is 0. The van der Waals surface area contributed by atoms with Gasteiger partial charge in [-0.3, -0.25) is 4.57 Å². The average molecular weight is 1350 g/mol. The molecule has 6 aliphatic carbocycles. The Hall–Kier alpha value is -13.6. The van der Waals surface area contributed by atoms with Crippen LogP contribution in [0.1, 0.15) is 89.0 Å². The molecule has 107 heavy (non-hydrogen) atoms. The second kappa shape index (κ2) is 21.5. The second-order valence-corrected chi connectivity index (χ2v) is 29.9. The topological polar surface area (TPSA) is 30.7 Å². The van der Waals surface area contributed by atoms with Gasteiger partial charge in [-0.2, -0.15) is 0 Å². The van der Waals surface area contributed by atoms with Gasteiger partial charge in [0.1, 0.15) is 5.82 Å². The van der Waals surface area contributed by atoms with Gasteiger partial charge in [0.2, 0.25) is 0 Å². The van der Waals surface area contributed by atoms with E-state index in [2.05, 4.69) is 387 Å². The number of pyridine rings is 1. The number of para-hydroxylation sites is 3. The lowest BCUT2D eigenvalue weighted by Gasteiger charge is -2.49. The molecule has 16 aromatic carbocycles. The standard InChI is InChI=1S/C104H63N3/c1-2-28-70(29-3-1)107-98-51-23-22-50-97(98)106-100(107)69-53-57-92-94(63-69)103(81-39-12-6-32-74(81)75-33-7-13-40-82(75)103)90-47-20-21-48-91(90)104(92)84-42-15-9-35-77(84)99-71(36-25-49-93(99)104)66-54-58-96-68(61-66)55-59-95(105-96)67-27-24-26-64(60-67)65-52-56-85-78(62-65)76-34-8-14-41-83(76)102(85)88-45-18-16-43-86(88)101(87-44-17-19-46-89(87)102)79-37-10-4-30-72(79)73-31-5-11-38-80(73)101/h1-63H. The van der Waals surface area contributed by atoms with Gasteiger partial charge in [0.05, 0.1) is 43.9 Å². The van der Waals surface area contributed by atoms with E-state index in [4.69, 9.17) is 9.97 Å². The van der Waals surface area contributed by atoms with Crippen molar-refractivity contribution < 1.29 is 0 Å². The van der Waals surface area contributed by atoms with Crippen LogP contribution in [0.15, 0.2) is 382 Å². The van der Waals surface area contributed by atoms with Crippen molar-refractivity contribution in [1.29, 1.82) is 0 Å². The average Bonchev–Trinajstić information content (AvgIpc) is 1.53. The predicted molar refractivity (Wildman–Crippen MR) is 434 cm³/mol. The lowest BCUT2D eigenvalue weighted by Crippen LogP contribution is -2.43. The quantitative estimate of drug-likeness (QED) is 0.172. The lowest BCUT2D eigenvalue weighted by molar-refractivity contribution is 0.633. The van der Waals surface area contributed by atoms with Crippen LogP contribution in [0.5, 0.6) is 0 Å². The van der Waals surface area contributed by atoms with Crippen molar-refractivity contribution >= 4 is 21.9 Å². The van der Waals surface area contributed by atoms with Crippen LogP contribution >= 0.6 is 0 Å². The molecule has 0 aliphatic heterocycles. The Balaban J connectivity index is 0.630. The largest absolute Gasteiger partial charge is 0.292 e. The summed E-state index contributed by atoms with van der Waals surface area (Å²) in [6, 6.07) is 145. The molecule has 2 heterocycles. The molecule has 24 rings (SSSR count). The van der Waals surface area contributed by atoms with Gasteiger partial charge in [-0.05, 0) is 216 Å². The molecular formula is C104H63N3. The van der Waals surface area contributed by atoms with E-state index >= 15 is 0 Å². The Morgan fingerprint density at radius 2 is 0.589 bits per heavy atom. The van der Waals surface area contributed by atoms with Gasteiger partial charge in [0, 0.05) is 22.2 Å². The van der Waals surface area contributed by atoms with Crippen LogP contribution in [-0.4, -0.2) is 14.5 Å². The van der Waals surface area contributed by atoms with Crippen molar-refractivity contribution in [2.75, 3.05) is 0 Å². The van der Waals surface area contributed by atoms with Crippen LogP contribution < -0.4 is 0 Å². The summed E-state index contributed by atoms with van der Waals surface area (Å²) in [5.74, 6) is 0.911. The van der Waals surface area contributed by atoms with E-state index in [0.29, 0.717) is 0 Å². The third-order valence-electron chi connectivity index (χ3n) is 25.4. The first-order valence-electron chi connectivity index (χ1n) is 37.4. The van der Waals surface area contributed by atoms with Crippen LogP contribution in [0.4, 0.5) is 0 Å². The molecule has 0 saturated carbocycles. The zero-order chi connectivity index (χ0) is 69.9. The van der Waals surface area contributed by atoms with Gasteiger partial charge in [0.15, 0.2) is 0 Å². The Labute approximate surface area is 620 Å². The third kappa shape index (κ3) is 7.36. The molecule has 3 nitrogen and oxygen atoms in total. The van der Waals surface area contributed by atoms with Crippen molar-refractivity contribution in [3.63, 3.8) is 0 Å². The van der Waals surface area contributed by atoms with E-state index < -0.39 is 21.7 Å². The first kappa shape index (κ1) is 58.9. The van der Waals surface area contributed by atoms with E-state index in [0.717, 1.165) is 61.4 Å². The van der Waals surface area contributed by atoms with Crippen LogP contribution in [0, 0.1) is 0 Å². The Morgan fingerprint density at radius 3 is 1.17 bits per heavy atom. The molecule has 0 fully saturated rings. The molecule has 1 atom stereocenters. The Bertz CT molecular complexity index is 6780. The normalized spacial score (nSPS) is 15.7. The maximum atomic E-state index is 5.53. The van der Waals surface area contributed by atoms with Crippen molar-refractivity contribution in [3.05, 3.63) is 471 Å². The summed E-state index contributed by atoms with van der Waals surface area (Å²) < 4.78 is 2.34. The first-order chi connectivity index (χ1) is 53.1. The molecule has 18 aromatic rings. The molecule has 0 amide bonds. The van der Waals surface area contributed by atoms with Crippen molar-refractivity contribution in [2.45, 2.75) is 21.7 Å². The van der Waals surface area contributed by atoms with Crippen LogP contribution in [0.25, 0.3) is 117 Å². The van der Waals surface area contributed by atoms with E-state index in [1.54, 1.807) is 0 Å². The third-order valence-corrected chi connectivity index (χ3v) is 25.4. The fourth-order valence-corrected chi connectivity index (χ4v) is 21.5. The van der Waals surface area contributed by atoms with Gasteiger partial charge >= 0.3 is 0 Å². The molecule has 4 spiro atoms. The monoisotopic (exact) mass is 1350 g/mol. The molecule has 3 heteroatoms. The van der Waals surface area contributed by atoms with Crippen molar-refractivity contribution in [2.24, 2.45) is 0 Å². The van der Waals surface area contributed by atoms with Crippen LogP contribution in [-0.2, 0) is 21.7 Å². The van der Waals surface area contributed by atoms with E-state index in [1.165, 1.54) is 145 Å². The highest BCUT2D eigenvalue weighted by molar-refractivity contribution is 6.02. The van der Waals surface area contributed by atoms with Gasteiger partial charge in [-0.25, -0.2) is 9.97 Å². The summed E-state index contributed by atoms with van der Waals surface area (Å²) in [5, 5.41) is 1.09. The number of hydrogen-bond acceptors (Lipinski definition) is 2. The summed E-state index contributed by atoms with van der Waals surface area (Å²) in [7, 11) is 0. The number of nitrogens with zero attached hydrogens (tertiary/aromatic N) is 3. The van der Waals surface area contributed by atoms with Crippen molar-refractivity contribution in [1.82, 2.24) is 14.5 Å². The van der Waals surface area contributed by atoms with Gasteiger partial charge in [-0.15, -0.1) is 0 Å². The number of aromatic nitrogens is 3. The molecule has 1 unspecified atom stereocenters. The Kier molecular flexibility index (Phi) is 11.8. The number of rotatable bonds is 5. The van der Waals surface area contributed by atoms with Crippen LogP contribution in [0.2, 0.25) is 0 Å². The maximum absolute atomic E-state index is 5.53. The van der Waals surface area contributed by atoms with Gasteiger partial charge in [0.25, 0.3) is 0 Å². The SMILES string of the molecule is c1ccc(-n2c(-c3ccc4c(c3)C3(c5ccccc5-c5ccccc53)c3ccccc3C43c4ccccc4-c4c(-c5ccc6nc(-c7cccc(-c8ccc9c(c8)-c8ccccc8C98c9ccccc9C9(c%10ccccc%10-c%10ccccc%109)c9ccccc98)c7)ccc6c5)cccc43)nc3ccccc32)cc1. The highest BCUT2D eigenvalue weighted by Crippen LogP contribution is 2.71. The van der Waals surface area contributed by atoms with Crippen molar-refractivity contribution in [3.8, 4) is 95.1 Å². The number of hydrogen-bond donors (Lipinski definition) is 0. The minimum atomic E-state index is -0.702. The lowest BCUT2D eigenvalue weighted by atomic mass is 9.52. The summed E-state index contributed by atoms with van der Waals surface area (Å²) in [6.45, 7) is 0. The van der Waals surface area contributed by atoms with E-state index in [1.807, 2.05) is 0 Å². The minimum absolute atomic E-state index is 0.484. The molecule has 2 aromatic heterocycles. The second-order valence-electron chi connectivity index (χ2n) is 29.9. The smallest absolute Gasteiger partial charge is 0.145 e. The number of fused-ring (bicyclic) bond motifs is 34. The molecule has 0 N–H and O–H groups in total. The molecule has 494 valence electrons. The maximum Gasteiger partial charge on any atom is 0.145 e. The molecule has 0 radical (unpaired) electrons. The highest BCUT2D eigenvalue weighted by atomic mass is 15.1. The van der Waals surface area contributed by atoms with Gasteiger partial charge < -0.3 is 0 Å². The summed E-state index contributed by atoms with van der Waals surface area (Å²) in [4.78, 5) is 11.0. The Morgan fingerprint density at radius 1 is 0.196 bits per heavy atom. The number of benzene rings is 16. The number of imidazole rings is 1. The van der Waals surface area contributed by atoms with E-state index in [-0.39, 0.29) is 0 Å². The summed E-state index contributed by atoms with van der Waals surface area (Å²) in [5.41, 5.74) is 40.7. The molecule has 0 bridgehead atoms. The molecular weight excluding hydrogens is 1290 g/mol. The zero-order valence-electron chi connectivity index (χ0n) is 58.2. The predicted octanol–water partition coefficient (Wildman–Crippen LogP) is 24.3. The van der Waals surface area contributed by atoms with E-state index in [9.17, 15) is 0 Å². The molecule has 6 aliphatic rings. The first-order valence-corrected chi connectivity index (χ1v) is 37.4. The fraction of sp³-hybridized carbons (Fsp3) is 0.0385. The van der Waals surface area contributed by atoms with Crippen LogP contribution in [0.3, 0.4) is 0 Å². The summed E-state index contributed by atoms with van der Waals surface area (Å²) >= 11 is 0.